The van der Waals surface area contributed by atoms with Crippen LogP contribution in [0.15, 0.2) is 0 Å². The average molecular weight is 1460 g/mol. The van der Waals surface area contributed by atoms with E-state index in [-0.39, 0.29) is 0 Å². The summed E-state index contributed by atoms with van der Waals surface area (Å²) in [6.45, 7) is 0. The van der Waals surface area contributed by atoms with Crippen molar-refractivity contribution in [3.63, 3.8) is 0 Å². The van der Waals surface area contributed by atoms with E-state index >= 15 is 26.3 Å². The summed E-state index contributed by atoms with van der Waals surface area (Å²) in [5, 5.41) is -33.5. The second-order valence-electron chi connectivity index (χ2n) is 15.3. The molecule has 0 saturated heterocycles. The summed E-state index contributed by atoms with van der Waals surface area (Å²) in [7, 11) is -37.4. The highest BCUT2D eigenvalue weighted by atomic mass is 32.3. The topological polar surface area (TPSA) is 102 Å². The van der Waals surface area contributed by atoms with Crippen molar-refractivity contribution in [3.05, 3.63) is 0 Å². The lowest BCUT2D eigenvalue weighted by Gasteiger charge is -2.44. The molecule has 60 heteroatoms. The number of sulfone groups is 3. The highest BCUT2D eigenvalue weighted by molar-refractivity contribution is 8.25. The van der Waals surface area contributed by atoms with Crippen LogP contribution in [0.1, 0.15) is 0 Å². The van der Waals surface area contributed by atoms with Gasteiger partial charge in [-0.3, -0.25) is 0 Å². The summed E-state index contributed by atoms with van der Waals surface area (Å²) >= 11 is 0. The maximum Gasteiger partial charge on any atom is 0.460 e. The Morgan fingerprint density at radius 2 is 0.224 bits per heavy atom. The molecule has 512 valence electrons. The predicted octanol–water partition coefficient (Wildman–Crippen LogP) is 14.4. The molecule has 0 fully saturated rings. The molecular formula is C25HF51O6S3. The Kier molecular flexibility index (Phi) is 18.5. The molecular weight excluding hydrogens is 1460 g/mol. The van der Waals surface area contributed by atoms with Gasteiger partial charge in [0.15, 0.2) is 0 Å². The van der Waals surface area contributed by atoms with Crippen molar-refractivity contribution >= 4 is 29.5 Å². The Morgan fingerprint density at radius 1 is 0.141 bits per heavy atom. The van der Waals surface area contributed by atoms with E-state index in [1.807, 2.05) is 0 Å². The van der Waals surface area contributed by atoms with Crippen molar-refractivity contribution in [3.8, 4) is 0 Å². The van der Waals surface area contributed by atoms with Crippen molar-refractivity contribution in [2.24, 2.45) is 0 Å². The van der Waals surface area contributed by atoms with E-state index in [0.717, 1.165) is 0 Å². The Bertz CT molecular complexity index is 2540. The predicted molar refractivity (Wildman–Crippen MR) is 153 cm³/mol. The Balaban J connectivity index is 10.0. The van der Waals surface area contributed by atoms with Gasteiger partial charge in [0.1, 0.15) is 0 Å². The van der Waals surface area contributed by atoms with Gasteiger partial charge in [0, 0.05) is 0 Å². The maximum atomic E-state index is 15.1. The van der Waals surface area contributed by atoms with Crippen LogP contribution in [0.25, 0.3) is 0 Å². The van der Waals surface area contributed by atoms with Gasteiger partial charge in [-0.05, 0) is 0 Å². The quantitative estimate of drug-likeness (QED) is 0.0892. The van der Waals surface area contributed by atoms with E-state index in [2.05, 4.69) is 0 Å². The Morgan fingerprint density at radius 3 is 0.318 bits per heavy atom. The summed E-state index contributed by atoms with van der Waals surface area (Å²) in [6, 6.07) is 0. The van der Waals surface area contributed by atoms with E-state index in [1.165, 1.54) is 0 Å². The molecule has 0 aromatic carbocycles. The van der Waals surface area contributed by atoms with Gasteiger partial charge in [-0.15, -0.1) is 0 Å². The molecule has 85 heavy (non-hydrogen) atoms. The van der Waals surface area contributed by atoms with E-state index in [9.17, 15) is 223 Å². The van der Waals surface area contributed by atoms with E-state index < -0.39 is 174 Å². The highest BCUT2D eigenvalue weighted by Gasteiger charge is 3.02. The molecule has 0 bridgehead atoms. The van der Waals surface area contributed by atoms with Crippen LogP contribution in [0.5, 0.6) is 0 Å². The molecule has 0 rings (SSSR count). The molecule has 0 radical (unpaired) electrons. The van der Waals surface area contributed by atoms with Crippen LogP contribution in [0.3, 0.4) is 0 Å². The van der Waals surface area contributed by atoms with Gasteiger partial charge in [-0.25, -0.2) is 25.3 Å². The summed E-state index contributed by atoms with van der Waals surface area (Å²) in [5.41, 5.74) is 0. The van der Waals surface area contributed by atoms with Crippen molar-refractivity contribution in [1.82, 2.24) is 0 Å². The van der Waals surface area contributed by atoms with Crippen LogP contribution < -0.4 is 0 Å². The number of halogens is 51. The zero-order chi connectivity index (χ0) is 71.1. The second kappa shape index (κ2) is 19.4. The van der Waals surface area contributed by atoms with Crippen molar-refractivity contribution < 1.29 is 249 Å². The fraction of sp³-hybridized carbons (Fsp3) is 1.00. The van der Waals surface area contributed by atoms with E-state index in [1.54, 1.807) is 0 Å². The lowest BCUT2D eigenvalue weighted by atomic mass is 9.91. The van der Waals surface area contributed by atoms with Gasteiger partial charge in [0.05, 0.1) is 0 Å². The summed E-state index contributed by atoms with van der Waals surface area (Å²) in [6.07, 6.45) is -26.6. The van der Waals surface area contributed by atoms with Gasteiger partial charge in [-0.2, -0.15) is 224 Å². The van der Waals surface area contributed by atoms with Crippen LogP contribution in [-0.2, 0) is 29.5 Å². The summed E-state index contributed by atoms with van der Waals surface area (Å²) < 4.78 is 769. The van der Waals surface area contributed by atoms with Crippen LogP contribution in [0.2, 0.25) is 0 Å². The number of rotatable bonds is 24. The normalized spacial score (nSPS) is 17.5. The van der Waals surface area contributed by atoms with Gasteiger partial charge < -0.3 is 0 Å². The zero-order valence-electron chi connectivity index (χ0n) is 35.5. The molecule has 6 nitrogen and oxygen atoms in total. The minimum Gasteiger partial charge on any atom is -0.220 e. The number of hydrogen-bond acceptors (Lipinski definition) is 6. The minimum atomic E-state index is -12.5. The van der Waals surface area contributed by atoms with Gasteiger partial charge in [0.25, 0.3) is 33.4 Å². The minimum absolute atomic E-state index is 8.87. The molecule has 0 aliphatic heterocycles. The summed E-state index contributed by atoms with van der Waals surface area (Å²) in [5.74, 6) is -188. The molecule has 0 N–H and O–H groups in total. The Hall–Kier alpha value is -3.72. The van der Waals surface area contributed by atoms with Crippen molar-refractivity contribution in [2.75, 3.05) is 0 Å². The standard InChI is InChI=1S/C25HF51O6S3/c26-2(27,8(38,39)14(50,51)20(62,63)64)5(32,33)11(44,45)17(56,57)23(71,72)83(77,78)1(84(79,80)24(73,74)18(58,59)12(46,47)6(34,35)3(28,29)9(40,41)15(52,53)21(65,66)67)85(81,82)25(75,76)19(60,61)13(48,49)7(36,37)4(30,31)10(42,43)16(54,55)22(68,69)70/h1H. The molecule has 0 spiro atoms. The smallest absolute Gasteiger partial charge is 0.220 e. The highest BCUT2D eigenvalue weighted by Crippen LogP contribution is 2.70. The monoisotopic (exact) mass is 1460 g/mol. The van der Waals surface area contributed by atoms with Gasteiger partial charge in [-0.1, -0.05) is 0 Å². The fourth-order valence-corrected chi connectivity index (χ4v) is 13.2. The lowest BCUT2D eigenvalue weighted by Crippen LogP contribution is -2.77. The maximum absolute atomic E-state index is 15.1. The first-order chi connectivity index (χ1) is 35.4. The third kappa shape index (κ3) is 9.28. The number of hydrogen-bond donors (Lipinski definition) is 0. The van der Waals surface area contributed by atoms with Crippen LogP contribution in [0, 0.1) is 0 Å². The van der Waals surface area contributed by atoms with Crippen molar-refractivity contribution in [1.29, 1.82) is 0 Å². The largest absolute Gasteiger partial charge is 0.460 e. The van der Waals surface area contributed by atoms with E-state index in [4.69, 9.17) is 0 Å². The molecule has 0 amide bonds. The first-order valence-electron chi connectivity index (χ1n) is 17.2. The zero-order valence-corrected chi connectivity index (χ0v) is 38.0. The fourth-order valence-electron chi connectivity index (χ4n) is 4.85. The van der Waals surface area contributed by atoms with Crippen molar-refractivity contribution in [2.45, 2.75) is 145 Å². The van der Waals surface area contributed by atoms with E-state index in [0.29, 0.717) is 0 Å². The third-order valence-corrected chi connectivity index (χ3v) is 18.9. The molecule has 0 aromatic heterocycles. The summed E-state index contributed by atoms with van der Waals surface area (Å²) in [4.78, 5) is 0. The van der Waals surface area contributed by atoms with Crippen LogP contribution >= 0.6 is 0 Å². The first-order valence-corrected chi connectivity index (χ1v) is 21.8. The first kappa shape index (κ1) is 81.3. The van der Waals surface area contributed by atoms with Crippen LogP contribution in [0.4, 0.5) is 224 Å². The molecule has 0 aliphatic carbocycles. The Labute approximate surface area is 424 Å². The molecule has 0 heterocycles. The molecule has 0 aliphatic rings. The average Bonchev–Trinajstić information content (AvgIpc) is 3.23. The van der Waals surface area contributed by atoms with Gasteiger partial charge >= 0.3 is 141 Å². The number of alkyl halides is 51. The lowest BCUT2D eigenvalue weighted by molar-refractivity contribution is -0.458. The SMILES string of the molecule is O=S(=O)(C(S(=O)(=O)C(F)(F)C(F)(F)C(F)(F)C(F)(F)C(F)(F)C(F)(F)C(F)(F)C(F)(F)F)S(=O)(=O)C(F)(F)C(F)(F)C(F)(F)C(F)(F)C(F)(F)C(F)(F)C(F)(F)C(F)(F)F)C(F)(F)C(F)(F)C(F)(F)C(F)(F)C(F)(F)C(F)(F)C(F)(F)C(F)(F)F. The molecule has 0 aromatic rings. The molecule has 0 unspecified atom stereocenters. The van der Waals surface area contributed by atoms with Crippen LogP contribution in [-0.4, -0.2) is 170 Å². The molecule has 0 saturated carbocycles. The third-order valence-electron chi connectivity index (χ3n) is 9.91. The second-order valence-corrected chi connectivity index (χ2v) is 22.4. The molecule has 0 atom stereocenters. The van der Waals surface area contributed by atoms with Gasteiger partial charge in [0.2, 0.25) is 0 Å².